The standard InChI is InChI=1S/C20H33N/c1-9-12-20(8,13-10-16(2)18(3,4)5)19(6,7)17-11-14-21-15-17/h9-11,14-15,21H,1,12-13H2,2-8H3/b16-10+. The number of hydrogen-bond acceptors (Lipinski definition) is 0. The van der Waals surface area contributed by atoms with Gasteiger partial charge in [0.2, 0.25) is 0 Å². The number of allylic oxidation sites excluding steroid dienone is 3. The highest BCUT2D eigenvalue weighted by Gasteiger charge is 2.40. The lowest BCUT2D eigenvalue weighted by Crippen LogP contribution is -2.38. The lowest BCUT2D eigenvalue weighted by molar-refractivity contribution is 0.175. The van der Waals surface area contributed by atoms with Crippen molar-refractivity contribution in [3.05, 3.63) is 48.3 Å². The van der Waals surface area contributed by atoms with Crippen LogP contribution in [0.3, 0.4) is 0 Å². The molecule has 0 bridgehead atoms. The molecule has 1 N–H and O–H groups in total. The minimum atomic E-state index is 0.0931. The molecule has 0 amide bonds. The fourth-order valence-electron chi connectivity index (χ4n) is 2.66. The summed E-state index contributed by atoms with van der Waals surface area (Å²) in [6, 6.07) is 2.20. The number of nitrogens with one attached hydrogen (secondary N) is 1. The van der Waals surface area contributed by atoms with Crippen LogP contribution in [0.25, 0.3) is 0 Å². The van der Waals surface area contributed by atoms with E-state index in [2.05, 4.69) is 84.4 Å². The van der Waals surface area contributed by atoms with E-state index in [1.165, 1.54) is 11.1 Å². The average Bonchev–Trinajstić information content (AvgIpc) is 2.89. The highest BCUT2D eigenvalue weighted by molar-refractivity contribution is 5.25. The van der Waals surface area contributed by atoms with Gasteiger partial charge in [-0.25, -0.2) is 0 Å². The largest absolute Gasteiger partial charge is 0.367 e. The van der Waals surface area contributed by atoms with Crippen molar-refractivity contribution in [3.8, 4) is 0 Å². The van der Waals surface area contributed by atoms with Crippen molar-refractivity contribution in [3.63, 3.8) is 0 Å². The molecule has 1 aromatic heterocycles. The van der Waals surface area contributed by atoms with E-state index in [0.29, 0.717) is 0 Å². The van der Waals surface area contributed by atoms with Crippen LogP contribution >= 0.6 is 0 Å². The van der Waals surface area contributed by atoms with Gasteiger partial charge in [0.1, 0.15) is 0 Å². The molecule has 0 aliphatic carbocycles. The molecule has 1 unspecified atom stereocenters. The highest BCUT2D eigenvalue weighted by atomic mass is 14.6. The number of aromatic amines is 1. The molecule has 0 radical (unpaired) electrons. The van der Waals surface area contributed by atoms with Gasteiger partial charge in [-0.1, -0.05) is 59.3 Å². The molecule has 1 heterocycles. The molecular weight excluding hydrogens is 254 g/mol. The Kier molecular flexibility index (Phi) is 5.30. The molecular formula is C20H33N. The van der Waals surface area contributed by atoms with Crippen molar-refractivity contribution in [1.82, 2.24) is 4.98 Å². The first-order chi connectivity index (χ1) is 9.54. The van der Waals surface area contributed by atoms with E-state index in [9.17, 15) is 0 Å². The van der Waals surface area contributed by atoms with Crippen molar-refractivity contribution in [2.75, 3.05) is 0 Å². The van der Waals surface area contributed by atoms with Gasteiger partial charge in [0.25, 0.3) is 0 Å². The molecule has 1 atom stereocenters. The zero-order valence-corrected chi connectivity index (χ0v) is 15.0. The van der Waals surface area contributed by atoms with Crippen LogP contribution in [0.4, 0.5) is 0 Å². The molecule has 21 heavy (non-hydrogen) atoms. The lowest BCUT2D eigenvalue weighted by Gasteiger charge is -2.44. The summed E-state index contributed by atoms with van der Waals surface area (Å²) in [6.07, 6.45) is 10.7. The van der Waals surface area contributed by atoms with Crippen LogP contribution in [0.15, 0.2) is 42.8 Å². The molecule has 0 saturated heterocycles. The summed E-state index contributed by atoms with van der Waals surface area (Å²) in [5.41, 5.74) is 3.32. The smallest absolute Gasteiger partial charge is 0.00430 e. The summed E-state index contributed by atoms with van der Waals surface area (Å²) in [7, 11) is 0. The Balaban J connectivity index is 3.12. The first kappa shape index (κ1) is 17.8. The minimum Gasteiger partial charge on any atom is -0.367 e. The number of rotatable bonds is 6. The summed E-state index contributed by atoms with van der Waals surface area (Å²) in [5.74, 6) is 0. The monoisotopic (exact) mass is 287 g/mol. The van der Waals surface area contributed by atoms with Crippen molar-refractivity contribution >= 4 is 0 Å². The molecule has 1 rings (SSSR count). The Hall–Kier alpha value is -1.24. The SMILES string of the molecule is C=CCC(C)(C/C=C(\C)C(C)(C)C)C(C)(C)c1cc[nH]c1. The summed E-state index contributed by atoms with van der Waals surface area (Å²) >= 11 is 0. The van der Waals surface area contributed by atoms with E-state index in [0.717, 1.165) is 12.8 Å². The molecule has 0 spiro atoms. The predicted molar refractivity (Wildman–Crippen MR) is 94.6 cm³/mol. The summed E-state index contributed by atoms with van der Waals surface area (Å²) in [6.45, 7) is 20.1. The second kappa shape index (κ2) is 6.25. The maximum Gasteiger partial charge on any atom is 0.00430 e. The van der Waals surface area contributed by atoms with Gasteiger partial charge in [-0.2, -0.15) is 0 Å². The third kappa shape index (κ3) is 3.90. The first-order valence-corrected chi connectivity index (χ1v) is 7.96. The summed E-state index contributed by atoms with van der Waals surface area (Å²) < 4.78 is 0. The van der Waals surface area contributed by atoms with Gasteiger partial charge in [-0.15, -0.1) is 6.58 Å². The van der Waals surface area contributed by atoms with Gasteiger partial charge in [-0.05, 0) is 47.6 Å². The topological polar surface area (TPSA) is 15.8 Å². The molecule has 0 aromatic carbocycles. The van der Waals surface area contributed by atoms with Crippen LogP contribution in [0.1, 0.15) is 66.9 Å². The maximum absolute atomic E-state index is 3.99. The summed E-state index contributed by atoms with van der Waals surface area (Å²) in [5, 5.41) is 0. The second-order valence-corrected chi connectivity index (χ2v) is 8.12. The van der Waals surface area contributed by atoms with Gasteiger partial charge in [0, 0.05) is 12.4 Å². The van der Waals surface area contributed by atoms with Crippen molar-refractivity contribution in [2.45, 2.75) is 66.7 Å². The Morgan fingerprint density at radius 1 is 1.14 bits per heavy atom. The van der Waals surface area contributed by atoms with Gasteiger partial charge in [0.05, 0.1) is 0 Å². The number of aromatic nitrogens is 1. The van der Waals surface area contributed by atoms with Gasteiger partial charge >= 0.3 is 0 Å². The van der Waals surface area contributed by atoms with Crippen LogP contribution in [0.5, 0.6) is 0 Å². The van der Waals surface area contributed by atoms with E-state index in [1.807, 2.05) is 6.20 Å². The van der Waals surface area contributed by atoms with Crippen LogP contribution in [0, 0.1) is 10.8 Å². The van der Waals surface area contributed by atoms with Gasteiger partial charge in [-0.3, -0.25) is 0 Å². The van der Waals surface area contributed by atoms with E-state index in [4.69, 9.17) is 0 Å². The zero-order chi connectivity index (χ0) is 16.3. The molecule has 118 valence electrons. The fourth-order valence-corrected chi connectivity index (χ4v) is 2.66. The predicted octanol–water partition coefficient (Wildman–Crippen LogP) is 6.26. The molecule has 0 aliphatic heterocycles. The normalized spacial score (nSPS) is 16.6. The third-order valence-corrected chi connectivity index (χ3v) is 5.47. The van der Waals surface area contributed by atoms with E-state index in [1.54, 1.807) is 0 Å². The van der Waals surface area contributed by atoms with Gasteiger partial charge < -0.3 is 4.98 Å². The van der Waals surface area contributed by atoms with Gasteiger partial charge in [0.15, 0.2) is 0 Å². The third-order valence-electron chi connectivity index (χ3n) is 5.47. The van der Waals surface area contributed by atoms with Crippen LogP contribution in [-0.4, -0.2) is 4.98 Å². The number of H-pyrrole nitrogens is 1. The minimum absolute atomic E-state index is 0.0931. The van der Waals surface area contributed by atoms with Crippen LogP contribution < -0.4 is 0 Å². The van der Waals surface area contributed by atoms with E-state index < -0.39 is 0 Å². The Morgan fingerprint density at radius 3 is 2.19 bits per heavy atom. The molecule has 0 fully saturated rings. The molecule has 1 nitrogen and oxygen atoms in total. The highest BCUT2D eigenvalue weighted by Crippen LogP contribution is 2.47. The average molecular weight is 287 g/mol. The second-order valence-electron chi connectivity index (χ2n) is 8.12. The summed E-state index contributed by atoms with van der Waals surface area (Å²) in [4.78, 5) is 3.20. The quantitative estimate of drug-likeness (QED) is 0.594. The number of hydrogen-bond donors (Lipinski definition) is 1. The van der Waals surface area contributed by atoms with E-state index >= 15 is 0 Å². The van der Waals surface area contributed by atoms with Crippen LogP contribution in [0.2, 0.25) is 0 Å². The fraction of sp³-hybridized carbons (Fsp3) is 0.600. The Labute approximate surface area is 131 Å². The molecule has 0 aliphatic rings. The molecule has 1 aromatic rings. The first-order valence-electron chi connectivity index (χ1n) is 7.96. The Morgan fingerprint density at radius 2 is 1.76 bits per heavy atom. The van der Waals surface area contributed by atoms with E-state index in [-0.39, 0.29) is 16.2 Å². The lowest BCUT2D eigenvalue weighted by atomic mass is 9.60. The maximum atomic E-state index is 3.99. The molecule has 0 saturated carbocycles. The van der Waals surface area contributed by atoms with Crippen LogP contribution in [-0.2, 0) is 5.41 Å². The van der Waals surface area contributed by atoms with Crippen molar-refractivity contribution in [2.24, 2.45) is 10.8 Å². The molecule has 1 heteroatoms. The zero-order valence-electron chi connectivity index (χ0n) is 15.0. The van der Waals surface area contributed by atoms with Crippen molar-refractivity contribution < 1.29 is 0 Å². The Bertz CT molecular complexity index is 482. The van der Waals surface area contributed by atoms with Crippen molar-refractivity contribution in [1.29, 1.82) is 0 Å².